The second-order valence-corrected chi connectivity index (χ2v) is 5.35. The molecule has 0 aliphatic carbocycles. The summed E-state index contributed by atoms with van der Waals surface area (Å²) in [7, 11) is 0. The van der Waals surface area contributed by atoms with Crippen LogP contribution in [0.4, 0.5) is 0 Å². The SMILES string of the molecule is C=CCC(CC(Cl)C(=O)OC(C)C)c1ccccc1. The Bertz CT molecular complexity index is 400. The number of alkyl halides is 1. The molecule has 0 aliphatic rings. The van der Waals surface area contributed by atoms with Crippen LogP contribution in [0.25, 0.3) is 0 Å². The molecule has 0 aromatic heterocycles. The summed E-state index contributed by atoms with van der Waals surface area (Å²) in [4.78, 5) is 11.7. The summed E-state index contributed by atoms with van der Waals surface area (Å²) in [6.45, 7) is 7.41. The molecule has 104 valence electrons. The molecule has 1 aromatic carbocycles. The second kappa shape index (κ2) is 8.00. The van der Waals surface area contributed by atoms with Gasteiger partial charge in [-0.25, -0.2) is 0 Å². The van der Waals surface area contributed by atoms with E-state index in [1.165, 1.54) is 5.56 Å². The molecule has 0 radical (unpaired) electrons. The van der Waals surface area contributed by atoms with Crippen molar-refractivity contribution in [3.05, 3.63) is 48.6 Å². The summed E-state index contributed by atoms with van der Waals surface area (Å²) in [6, 6.07) is 10.0. The van der Waals surface area contributed by atoms with E-state index in [1.807, 2.05) is 50.3 Å². The highest BCUT2D eigenvalue weighted by molar-refractivity contribution is 6.29. The fourth-order valence-corrected chi connectivity index (χ4v) is 2.21. The zero-order valence-corrected chi connectivity index (χ0v) is 12.3. The van der Waals surface area contributed by atoms with Crippen molar-refractivity contribution in [2.24, 2.45) is 0 Å². The second-order valence-electron chi connectivity index (χ2n) is 4.82. The molecule has 0 bridgehead atoms. The van der Waals surface area contributed by atoms with E-state index >= 15 is 0 Å². The lowest BCUT2D eigenvalue weighted by Crippen LogP contribution is -2.23. The molecule has 3 heteroatoms. The molecule has 0 fully saturated rings. The van der Waals surface area contributed by atoms with Crippen molar-refractivity contribution in [3.8, 4) is 0 Å². The summed E-state index contributed by atoms with van der Waals surface area (Å²) in [6.07, 6.45) is 3.07. The number of halogens is 1. The average Bonchev–Trinajstić information content (AvgIpc) is 2.38. The van der Waals surface area contributed by atoms with Crippen molar-refractivity contribution in [2.45, 2.75) is 44.1 Å². The maximum Gasteiger partial charge on any atom is 0.324 e. The van der Waals surface area contributed by atoms with Crippen LogP contribution in [0.3, 0.4) is 0 Å². The Balaban J connectivity index is 2.68. The number of allylic oxidation sites excluding steroid dienone is 1. The van der Waals surface area contributed by atoms with Gasteiger partial charge in [0.2, 0.25) is 0 Å². The summed E-state index contributed by atoms with van der Waals surface area (Å²) in [5.41, 5.74) is 1.17. The Labute approximate surface area is 120 Å². The highest BCUT2D eigenvalue weighted by Crippen LogP contribution is 2.27. The van der Waals surface area contributed by atoms with Crippen LogP contribution in [0, 0.1) is 0 Å². The van der Waals surface area contributed by atoms with E-state index < -0.39 is 5.38 Å². The van der Waals surface area contributed by atoms with Gasteiger partial charge in [-0.2, -0.15) is 0 Å². The van der Waals surface area contributed by atoms with Gasteiger partial charge in [0.1, 0.15) is 5.38 Å². The van der Waals surface area contributed by atoms with Crippen LogP contribution in [0.15, 0.2) is 43.0 Å². The van der Waals surface area contributed by atoms with Gasteiger partial charge in [0.15, 0.2) is 0 Å². The lowest BCUT2D eigenvalue weighted by molar-refractivity contribution is -0.147. The number of carbonyl (C=O) groups is 1. The molecule has 2 nitrogen and oxygen atoms in total. The Morgan fingerprint density at radius 1 is 1.37 bits per heavy atom. The van der Waals surface area contributed by atoms with Crippen molar-refractivity contribution in [1.29, 1.82) is 0 Å². The molecule has 0 amide bonds. The molecule has 1 rings (SSSR count). The van der Waals surface area contributed by atoms with E-state index in [0.717, 1.165) is 6.42 Å². The standard InChI is InChI=1S/C16H21ClO2/c1-4-8-14(13-9-6-5-7-10-13)11-15(17)16(18)19-12(2)3/h4-7,9-10,12,14-15H,1,8,11H2,2-3H3. The minimum atomic E-state index is -0.618. The van der Waals surface area contributed by atoms with Crippen LogP contribution >= 0.6 is 11.6 Å². The van der Waals surface area contributed by atoms with Gasteiger partial charge in [0.05, 0.1) is 6.10 Å². The minimum absolute atomic E-state index is 0.136. The molecule has 0 spiro atoms. The van der Waals surface area contributed by atoms with Crippen molar-refractivity contribution in [1.82, 2.24) is 0 Å². The van der Waals surface area contributed by atoms with Gasteiger partial charge in [-0.1, -0.05) is 36.4 Å². The average molecular weight is 281 g/mol. The third-order valence-corrected chi connectivity index (χ3v) is 3.18. The van der Waals surface area contributed by atoms with E-state index in [2.05, 4.69) is 6.58 Å². The summed E-state index contributed by atoms with van der Waals surface area (Å²) in [5.74, 6) is -0.150. The maximum atomic E-state index is 11.7. The number of hydrogen-bond acceptors (Lipinski definition) is 2. The van der Waals surface area contributed by atoms with Gasteiger partial charge in [0.25, 0.3) is 0 Å². The van der Waals surface area contributed by atoms with Gasteiger partial charge in [0, 0.05) is 0 Å². The van der Waals surface area contributed by atoms with E-state index in [1.54, 1.807) is 0 Å². The first-order valence-corrected chi connectivity index (χ1v) is 6.98. The van der Waals surface area contributed by atoms with Crippen molar-refractivity contribution in [3.63, 3.8) is 0 Å². The summed E-state index contributed by atoms with van der Waals surface area (Å²) in [5, 5.41) is -0.618. The molecule has 0 N–H and O–H groups in total. The lowest BCUT2D eigenvalue weighted by Gasteiger charge is -2.19. The minimum Gasteiger partial charge on any atom is -0.462 e. The van der Waals surface area contributed by atoms with Gasteiger partial charge < -0.3 is 4.74 Å². The van der Waals surface area contributed by atoms with Gasteiger partial charge in [-0.05, 0) is 38.2 Å². The zero-order valence-electron chi connectivity index (χ0n) is 11.5. The fourth-order valence-electron chi connectivity index (χ4n) is 1.95. The number of ether oxygens (including phenoxy) is 1. The first kappa shape index (κ1) is 15.8. The van der Waals surface area contributed by atoms with Crippen molar-refractivity contribution in [2.75, 3.05) is 0 Å². The smallest absolute Gasteiger partial charge is 0.324 e. The molecular formula is C16H21ClO2. The Kier molecular flexibility index (Phi) is 6.65. The van der Waals surface area contributed by atoms with Gasteiger partial charge >= 0.3 is 5.97 Å². The predicted molar refractivity (Wildman–Crippen MR) is 79.5 cm³/mol. The predicted octanol–water partition coefficient (Wildman–Crippen LogP) is 4.30. The highest BCUT2D eigenvalue weighted by atomic mass is 35.5. The lowest BCUT2D eigenvalue weighted by atomic mass is 9.91. The van der Waals surface area contributed by atoms with Gasteiger partial charge in [-0.15, -0.1) is 18.2 Å². The van der Waals surface area contributed by atoms with E-state index in [4.69, 9.17) is 16.3 Å². The molecular weight excluding hydrogens is 260 g/mol. The molecule has 0 heterocycles. The van der Waals surface area contributed by atoms with E-state index in [9.17, 15) is 4.79 Å². The van der Waals surface area contributed by atoms with Crippen LogP contribution in [-0.4, -0.2) is 17.5 Å². The number of rotatable bonds is 7. The molecule has 0 saturated heterocycles. The largest absolute Gasteiger partial charge is 0.462 e. The van der Waals surface area contributed by atoms with Crippen LogP contribution in [0.2, 0.25) is 0 Å². The maximum absolute atomic E-state index is 11.7. The summed E-state index contributed by atoms with van der Waals surface area (Å²) < 4.78 is 5.13. The van der Waals surface area contributed by atoms with Crippen LogP contribution in [0.1, 0.15) is 38.2 Å². The van der Waals surface area contributed by atoms with Gasteiger partial charge in [-0.3, -0.25) is 4.79 Å². The summed E-state index contributed by atoms with van der Waals surface area (Å²) >= 11 is 6.15. The Hall–Kier alpha value is -1.28. The highest BCUT2D eigenvalue weighted by Gasteiger charge is 2.23. The van der Waals surface area contributed by atoms with E-state index in [-0.39, 0.29) is 18.0 Å². The number of benzene rings is 1. The fraction of sp³-hybridized carbons (Fsp3) is 0.438. The molecule has 2 unspecified atom stereocenters. The topological polar surface area (TPSA) is 26.3 Å². The first-order chi connectivity index (χ1) is 9.04. The number of hydrogen-bond donors (Lipinski definition) is 0. The van der Waals surface area contributed by atoms with Crippen LogP contribution < -0.4 is 0 Å². The third kappa shape index (κ3) is 5.48. The van der Waals surface area contributed by atoms with Crippen LogP contribution in [0.5, 0.6) is 0 Å². The Morgan fingerprint density at radius 2 is 2.00 bits per heavy atom. The molecule has 1 aromatic rings. The van der Waals surface area contributed by atoms with E-state index in [0.29, 0.717) is 6.42 Å². The first-order valence-electron chi connectivity index (χ1n) is 6.55. The molecule has 2 atom stereocenters. The van der Waals surface area contributed by atoms with Crippen LogP contribution in [-0.2, 0) is 9.53 Å². The molecule has 19 heavy (non-hydrogen) atoms. The Morgan fingerprint density at radius 3 is 2.53 bits per heavy atom. The van der Waals surface area contributed by atoms with Crippen molar-refractivity contribution >= 4 is 17.6 Å². The molecule has 0 saturated carbocycles. The third-order valence-electron chi connectivity index (χ3n) is 2.82. The molecule has 0 aliphatic heterocycles. The monoisotopic (exact) mass is 280 g/mol. The quantitative estimate of drug-likeness (QED) is 0.423. The normalized spacial score (nSPS) is 13.9. The number of carbonyl (C=O) groups excluding carboxylic acids is 1. The number of esters is 1. The zero-order chi connectivity index (χ0) is 14.3. The van der Waals surface area contributed by atoms with Crippen molar-refractivity contribution < 1.29 is 9.53 Å².